The lowest BCUT2D eigenvalue weighted by Gasteiger charge is -2.39. The van der Waals surface area contributed by atoms with Crippen molar-refractivity contribution < 1.29 is 4.79 Å². The number of amides is 1. The second-order valence-electron chi connectivity index (χ2n) is 5.80. The molecule has 1 aliphatic heterocycles. The van der Waals surface area contributed by atoms with Crippen molar-refractivity contribution in [2.75, 3.05) is 13.1 Å². The molecular formula is C12H25ClN2O. The van der Waals surface area contributed by atoms with E-state index in [1.54, 1.807) is 0 Å². The smallest absolute Gasteiger partial charge is 0.239 e. The zero-order valence-corrected chi connectivity index (χ0v) is 11.6. The molecule has 96 valence electrons. The second-order valence-corrected chi connectivity index (χ2v) is 5.80. The minimum absolute atomic E-state index is 0. The van der Waals surface area contributed by atoms with Crippen LogP contribution >= 0.6 is 12.4 Å². The number of likely N-dealkylation sites (tertiary alicyclic amines) is 1. The molecule has 0 bridgehead atoms. The molecule has 1 amide bonds. The summed E-state index contributed by atoms with van der Waals surface area (Å²) in [6.45, 7) is 10.2. The number of carbonyl (C=O) groups excluding carboxylic acids is 1. The minimum Gasteiger partial charge on any atom is -0.341 e. The molecule has 0 spiro atoms. The minimum atomic E-state index is -0.334. The highest BCUT2D eigenvalue weighted by Crippen LogP contribution is 2.28. The lowest BCUT2D eigenvalue weighted by Crippen LogP contribution is -2.51. The lowest BCUT2D eigenvalue weighted by molar-refractivity contribution is -0.136. The molecule has 0 saturated carbocycles. The quantitative estimate of drug-likeness (QED) is 0.813. The van der Waals surface area contributed by atoms with Crippen molar-refractivity contribution in [1.82, 2.24) is 4.90 Å². The summed E-state index contributed by atoms with van der Waals surface area (Å²) in [7, 11) is 0. The highest BCUT2D eigenvalue weighted by molar-refractivity contribution is 5.85. The van der Waals surface area contributed by atoms with Gasteiger partial charge in [-0.25, -0.2) is 0 Å². The van der Waals surface area contributed by atoms with E-state index in [0.29, 0.717) is 0 Å². The summed E-state index contributed by atoms with van der Waals surface area (Å²) in [5.41, 5.74) is 6.14. The number of piperidine rings is 1. The lowest BCUT2D eigenvalue weighted by atomic mass is 9.83. The molecule has 1 aliphatic rings. The first kappa shape index (κ1) is 15.7. The molecule has 1 rings (SSSR count). The topological polar surface area (TPSA) is 46.3 Å². The van der Waals surface area contributed by atoms with Crippen molar-refractivity contribution in [2.45, 2.75) is 46.6 Å². The average Bonchev–Trinajstić information content (AvgIpc) is 2.13. The summed E-state index contributed by atoms with van der Waals surface area (Å²) in [4.78, 5) is 14.0. The Labute approximate surface area is 105 Å². The van der Waals surface area contributed by atoms with Crippen LogP contribution in [-0.4, -0.2) is 29.9 Å². The number of hydrogen-bond acceptors (Lipinski definition) is 2. The Morgan fingerprint density at radius 1 is 1.38 bits per heavy atom. The van der Waals surface area contributed by atoms with Gasteiger partial charge in [-0.2, -0.15) is 0 Å². The molecule has 16 heavy (non-hydrogen) atoms. The SMILES string of the molecule is CC(C)C(N)C(=O)N1CCCC(C)(C)C1.Cl. The fourth-order valence-corrected chi connectivity index (χ4v) is 2.11. The highest BCUT2D eigenvalue weighted by Gasteiger charge is 2.31. The zero-order valence-electron chi connectivity index (χ0n) is 10.8. The molecule has 1 unspecified atom stereocenters. The summed E-state index contributed by atoms with van der Waals surface area (Å²) in [6, 6.07) is -0.334. The van der Waals surface area contributed by atoms with Crippen molar-refractivity contribution in [3.8, 4) is 0 Å². The number of halogens is 1. The number of rotatable bonds is 2. The molecule has 0 aromatic heterocycles. The van der Waals surface area contributed by atoms with E-state index in [-0.39, 0.29) is 35.7 Å². The average molecular weight is 249 g/mol. The van der Waals surface area contributed by atoms with Gasteiger partial charge in [-0.3, -0.25) is 4.79 Å². The Morgan fingerprint density at radius 3 is 2.38 bits per heavy atom. The molecule has 1 atom stereocenters. The monoisotopic (exact) mass is 248 g/mol. The Morgan fingerprint density at radius 2 is 1.94 bits per heavy atom. The van der Waals surface area contributed by atoms with Gasteiger partial charge in [-0.1, -0.05) is 27.7 Å². The van der Waals surface area contributed by atoms with Crippen LogP contribution in [0, 0.1) is 11.3 Å². The molecule has 0 aromatic carbocycles. The van der Waals surface area contributed by atoms with E-state index < -0.39 is 0 Å². The maximum atomic E-state index is 12.0. The van der Waals surface area contributed by atoms with Gasteiger partial charge in [-0.15, -0.1) is 12.4 Å². The number of nitrogens with zero attached hydrogens (tertiary/aromatic N) is 1. The number of carbonyl (C=O) groups is 1. The standard InChI is InChI=1S/C12H24N2O.ClH/c1-9(2)10(13)11(15)14-7-5-6-12(3,4)8-14;/h9-10H,5-8,13H2,1-4H3;1H. The van der Waals surface area contributed by atoms with Crippen LogP contribution in [0.25, 0.3) is 0 Å². The normalized spacial score (nSPS) is 21.5. The van der Waals surface area contributed by atoms with Crippen molar-refractivity contribution in [1.29, 1.82) is 0 Å². The van der Waals surface area contributed by atoms with Gasteiger partial charge in [0.05, 0.1) is 6.04 Å². The first-order valence-electron chi connectivity index (χ1n) is 5.88. The Bertz CT molecular complexity index is 241. The first-order valence-corrected chi connectivity index (χ1v) is 5.88. The van der Waals surface area contributed by atoms with Gasteiger partial charge in [0.25, 0.3) is 0 Å². The molecule has 1 saturated heterocycles. The van der Waals surface area contributed by atoms with E-state index in [1.165, 1.54) is 6.42 Å². The highest BCUT2D eigenvalue weighted by atomic mass is 35.5. The summed E-state index contributed by atoms with van der Waals surface area (Å²) < 4.78 is 0. The predicted molar refractivity (Wildman–Crippen MR) is 69.7 cm³/mol. The van der Waals surface area contributed by atoms with E-state index >= 15 is 0 Å². The third-order valence-corrected chi connectivity index (χ3v) is 3.22. The summed E-state index contributed by atoms with van der Waals surface area (Å²) in [5.74, 6) is 0.348. The number of hydrogen-bond donors (Lipinski definition) is 1. The van der Waals surface area contributed by atoms with Crippen LogP contribution in [0.3, 0.4) is 0 Å². The molecular weight excluding hydrogens is 224 g/mol. The Balaban J connectivity index is 0.00000225. The van der Waals surface area contributed by atoms with Gasteiger partial charge in [0.2, 0.25) is 5.91 Å². The third-order valence-electron chi connectivity index (χ3n) is 3.22. The molecule has 1 heterocycles. The molecule has 2 N–H and O–H groups in total. The van der Waals surface area contributed by atoms with Gasteiger partial charge >= 0.3 is 0 Å². The van der Waals surface area contributed by atoms with Crippen LogP contribution in [0.2, 0.25) is 0 Å². The van der Waals surface area contributed by atoms with E-state index in [1.807, 2.05) is 18.7 Å². The molecule has 1 fully saturated rings. The fraction of sp³-hybridized carbons (Fsp3) is 0.917. The predicted octanol–water partition coefficient (Wildman–Crippen LogP) is 2.04. The zero-order chi connectivity index (χ0) is 11.6. The van der Waals surface area contributed by atoms with Crippen molar-refractivity contribution in [3.05, 3.63) is 0 Å². The van der Waals surface area contributed by atoms with Gasteiger partial charge in [-0.05, 0) is 24.2 Å². The van der Waals surface area contributed by atoms with Crippen LogP contribution in [0.4, 0.5) is 0 Å². The van der Waals surface area contributed by atoms with Crippen LogP contribution in [0.15, 0.2) is 0 Å². The van der Waals surface area contributed by atoms with Crippen LogP contribution in [-0.2, 0) is 4.79 Å². The Hall–Kier alpha value is -0.280. The van der Waals surface area contributed by atoms with Crippen molar-refractivity contribution in [2.24, 2.45) is 17.1 Å². The fourth-order valence-electron chi connectivity index (χ4n) is 2.11. The van der Waals surface area contributed by atoms with Crippen molar-refractivity contribution >= 4 is 18.3 Å². The Kier molecular flexibility index (Phi) is 5.77. The summed E-state index contributed by atoms with van der Waals surface area (Å²) in [6.07, 6.45) is 2.30. The summed E-state index contributed by atoms with van der Waals surface area (Å²) in [5, 5.41) is 0. The van der Waals surface area contributed by atoms with Crippen LogP contribution < -0.4 is 5.73 Å². The van der Waals surface area contributed by atoms with Gasteiger partial charge < -0.3 is 10.6 Å². The van der Waals surface area contributed by atoms with E-state index in [4.69, 9.17) is 5.73 Å². The molecule has 4 heteroatoms. The first-order chi connectivity index (χ1) is 6.83. The molecule has 0 aliphatic carbocycles. The third kappa shape index (κ3) is 3.95. The van der Waals surface area contributed by atoms with Crippen LogP contribution in [0.5, 0.6) is 0 Å². The molecule has 3 nitrogen and oxygen atoms in total. The van der Waals surface area contributed by atoms with Crippen molar-refractivity contribution in [3.63, 3.8) is 0 Å². The van der Waals surface area contributed by atoms with Gasteiger partial charge in [0, 0.05) is 13.1 Å². The summed E-state index contributed by atoms with van der Waals surface area (Å²) >= 11 is 0. The van der Waals surface area contributed by atoms with E-state index in [2.05, 4.69) is 13.8 Å². The second kappa shape index (κ2) is 5.87. The van der Waals surface area contributed by atoms with Crippen LogP contribution in [0.1, 0.15) is 40.5 Å². The van der Waals surface area contributed by atoms with E-state index in [9.17, 15) is 4.79 Å². The van der Waals surface area contributed by atoms with E-state index in [0.717, 1.165) is 19.5 Å². The molecule has 0 aromatic rings. The van der Waals surface area contributed by atoms with Gasteiger partial charge in [0.15, 0.2) is 0 Å². The number of nitrogens with two attached hydrogens (primary N) is 1. The molecule has 0 radical (unpaired) electrons. The van der Waals surface area contributed by atoms with Gasteiger partial charge in [0.1, 0.15) is 0 Å². The maximum Gasteiger partial charge on any atom is 0.239 e. The maximum absolute atomic E-state index is 12.0. The largest absolute Gasteiger partial charge is 0.341 e.